The van der Waals surface area contributed by atoms with Crippen molar-refractivity contribution in [3.05, 3.63) is 0 Å². The molecule has 1 fully saturated rings. The lowest BCUT2D eigenvalue weighted by molar-refractivity contribution is -0.134. The summed E-state index contributed by atoms with van der Waals surface area (Å²) >= 11 is 0. The monoisotopic (exact) mass is 278 g/mol. The van der Waals surface area contributed by atoms with Gasteiger partial charge in [-0.1, -0.05) is 6.92 Å². The number of hydrogen-bond donors (Lipinski definition) is 1. The number of amides is 1. The zero-order valence-electron chi connectivity index (χ0n) is 11.0. The highest BCUT2D eigenvalue weighted by Gasteiger charge is 2.32. The second-order valence-electron chi connectivity index (χ2n) is 4.75. The van der Waals surface area contributed by atoms with Crippen LogP contribution in [0.15, 0.2) is 0 Å². The molecule has 2 atom stereocenters. The highest BCUT2D eigenvalue weighted by molar-refractivity contribution is 7.92. The molecule has 0 aromatic rings. The Hall–Kier alpha value is -0.660. The van der Waals surface area contributed by atoms with Crippen molar-refractivity contribution in [1.82, 2.24) is 4.90 Å². The van der Waals surface area contributed by atoms with Crippen molar-refractivity contribution < 1.29 is 17.9 Å². The van der Waals surface area contributed by atoms with Crippen molar-refractivity contribution in [3.63, 3.8) is 0 Å². The summed E-state index contributed by atoms with van der Waals surface area (Å²) in [5, 5.41) is -0.996. The Labute approximate surface area is 108 Å². The summed E-state index contributed by atoms with van der Waals surface area (Å²) in [4.78, 5) is 13.6. The Morgan fingerprint density at radius 3 is 2.39 bits per heavy atom. The predicted molar refractivity (Wildman–Crippen MR) is 68.9 cm³/mol. The van der Waals surface area contributed by atoms with Crippen LogP contribution in [0, 0.1) is 5.92 Å². The number of nitrogens with zero attached hydrogens (tertiary/aromatic N) is 1. The number of sulfone groups is 1. The number of nitrogens with two attached hydrogens (primary N) is 1. The fraction of sp³-hybridized carbons (Fsp3) is 0.909. The molecule has 1 saturated heterocycles. The minimum atomic E-state index is -3.43. The van der Waals surface area contributed by atoms with Gasteiger partial charge in [-0.25, -0.2) is 8.42 Å². The van der Waals surface area contributed by atoms with E-state index in [1.807, 2.05) is 0 Å². The molecular weight excluding hydrogens is 256 g/mol. The molecular formula is C11H22N2O4S. The summed E-state index contributed by atoms with van der Waals surface area (Å²) in [5.74, 6) is -0.502. The van der Waals surface area contributed by atoms with Crippen molar-refractivity contribution in [1.29, 1.82) is 0 Å². The minimum Gasteiger partial charge on any atom is -0.378 e. The smallest absolute Gasteiger partial charge is 0.240 e. The first-order valence-corrected chi connectivity index (χ1v) is 7.88. The van der Waals surface area contributed by atoms with E-state index in [9.17, 15) is 13.2 Å². The lowest BCUT2D eigenvalue weighted by atomic mass is 10.2. The Morgan fingerprint density at radius 2 is 1.89 bits per heavy atom. The maximum atomic E-state index is 12.1. The van der Waals surface area contributed by atoms with Crippen LogP contribution in [0.3, 0.4) is 0 Å². The van der Waals surface area contributed by atoms with Crippen LogP contribution in [0.5, 0.6) is 0 Å². The molecule has 2 N–H and O–H groups in total. The second-order valence-corrected chi connectivity index (χ2v) is 7.12. The molecule has 1 aliphatic rings. The van der Waals surface area contributed by atoms with E-state index in [1.54, 1.807) is 11.8 Å². The topological polar surface area (TPSA) is 89.7 Å². The molecule has 0 saturated carbocycles. The van der Waals surface area contributed by atoms with E-state index in [2.05, 4.69) is 0 Å². The van der Waals surface area contributed by atoms with Crippen LogP contribution >= 0.6 is 0 Å². The van der Waals surface area contributed by atoms with Gasteiger partial charge in [0.1, 0.15) is 5.25 Å². The van der Waals surface area contributed by atoms with Crippen molar-refractivity contribution in [3.8, 4) is 0 Å². The van der Waals surface area contributed by atoms with Gasteiger partial charge in [0.05, 0.1) is 19.0 Å². The largest absolute Gasteiger partial charge is 0.378 e. The number of ether oxygens (including phenoxy) is 1. The van der Waals surface area contributed by atoms with Gasteiger partial charge in [-0.2, -0.15) is 0 Å². The molecule has 0 aliphatic carbocycles. The van der Waals surface area contributed by atoms with Crippen LogP contribution in [-0.2, 0) is 19.4 Å². The number of carbonyl (C=O) groups excluding carboxylic acids is 1. The first-order valence-electron chi connectivity index (χ1n) is 6.16. The maximum Gasteiger partial charge on any atom is 0.240 e. The van der Waals surface area contributed by atoms with Gasteiger partial charge in [0.15, 0.2) is 9.84 Å². The lowest BCUT2D eigenvalue weighted by Crippen LogP contribution is -2.47. The van der Waals surface area contributed by atoms with E-state index in [-0.39, 0.29) is 17.6 Å². The Balaban J connectivity index is 2.66. The quantitative estimate of drug-likeness (QED) is 0.714. The molecule has 1 amide bonds. The third kappa shape index (κ3) is 3.93. The van der Waals surface area contributed by atoms with E-state index in [4.69, 9.17) is 10.5 Å². The van der Waals surface area contributed by atoms with Crippen molar-refractivity contribution in [2.24, 2.45) is 11.7 Å². The zero-order valence-corrected chi connectivity index (χ0v) is 11.8. The van der Waals surface area contributed by atoms with Crippen LogP contribution in [-0.4, -0.2) is 63.1 Å². The van der Waals surface area contributed by atoms with Crippen molar-refractivity contribution >= 4 is 15.7 Å². The molecule has 106 valence electrons. The second kappa shape index (κ2) is 6.49. The van der Waals surface area contributed by atoms with Crippen LogP contribution in [0.2, 0.25) is 0 Å². The van der Waals surface area contributed by atoms with Crippen LogP contribution in [0.25, 0.3) is 0 Å². The number of rotatable bonds is 5. The predicted octanol–water partition coefficient (Wildman–Crippen LogP) is -0.757. The molecule has 7 heteroatoms. The first-order chi connectivity index (χ1) is 8.38. The zero-order chi connectivity index (χ0) is 13.8. The highest BCUT2D eigenvalue weighted by atomic mass is 32.2. The highest BCUT2D eigenvalue weighted by Crippen LogP contribution is 2.11. The van der Waals surface area contributed by atoms with Crippen molar-refractivity contribution in [2.45, 2.75) is 19.1 Å². The van der Waals surface area contributed by atoms with E-state index in [0.717, 1.165) is 0 Å². The SMILES string of the molecule is CC(CN)CS(=O)(=O)C(C)C(=O)N1CCOCC1. The molecule has 1 aliphatic heterocycles. The summed E-state index contributed by atoms with van der Waals surface area (Å²) in [6.45, 7) is 5.39. The van der Waals surface area contributed by atoms with Gasteiger partial charge >= 0.3 is 0 Å². The molecule has 0 spiro atoms. The van der Waals surface area contributed by atoms with Gasteiger partial charge in [0.25, 0.3) is 0 Å². The van der Waals surface area contributed by atoms with Crippen LogP contribution < -0.4 is 5.73 Å². The van der Waals surface area contributed by atoms with E-state index >= 15 is 0 Å². The third-order valence-electron chi connectivity index (χ3n) is 3.13. The van der Waals surface area contributed by atoms with E-state index < -0.39 is 15.1 Å². The molecule has 0 radical (unpaired) electrons. The van der Waals surface area contributed by atoms with Gasteiger partial charge in [-0.05, 0) is 19.4 Å². The molecule has 18 heavy (non-hydrogen) atoms. The van der Waals surface area contributed by atoms with Gasteiger partial charge in [0.2, 0.25) is 5.91 Å². The summed E-state index contributed by atoms with van der Waals surface area (Å²) in [5.41, 5.74) is 5.42. The van der Waals surface area contributed by atoms with Gasteiger partial charge in [-0.3, -0.25) is 4.79 Å². The number of morpholine rings is 1. The van der Waals surface area contributed by atoms with Gasteiger partial charge < -0.3 is 15.4 Å². The van der Waals surface area contributed by atoms with Crippen LogP contribution in [0.1, 0.15) is 13.8 Å². The Kier molecular flexibility index (Phi) is 5.55. The normalized spacial score (nSPS) is 20.5. The van der Waals surface area contributed by atoms with Crippen molar-refractivity contribution in [2.75, 3.05) is 38.6 Å². The molecule has 2 unspecified atom stereocenters. The molecule has 6 nitrogen and oxygen atoms in total. The Bertz CT molecular complexity index is 377. The summed E-state index contributed by atoms with van der Waals surface area (Å²) in [7, 11) is -3.43. The first kappa shape index (κ1) is 15.4. The van der Waals surface area contributed by atoms with E-state index in [0.29, 0.717) is 32.8 Å². The fourth-order valence-electron chi connectivity index (χ4n) is 1.80. The summed E-state index contributed by atoms with van der Waals surface area (Å²) in [6, 6.07) is 0. The molecule has 0 aromatic heterocycles. The number of carbonyl (C=O) groups is 1. The molecule has 0 bridgehead atoms. The lowest BCUT2D eigenvalue weighted by Gasteiger charge is -2.29. The van der Waals surface area contributed by atoms with Gasteiger partial charge in [0, 0.05) is 13.1 Å². The summed E-state index contributed by atoms with van der Waals surface area (Å²) < 4.78 is 29.2. The van der Waals surface area contributed by atoms with E-state index in [1.165, 1.54) is 6.92 Å². The summed E-state index contributed by atoms with van der Waals surface area (Å²) in [6.07, 6.45) is 0. The minimum absolute atomic E-state index is 0.0409. The van der Waals surface area contributed by atoms with Crippen LogP contribution in [0.4, 0.5) is 0 Å². The maximum absolute atomic E-state index is 12.1. The average Bonchev–Trinajstić information content (AvgIpc) is 2.37. The number of hydrogen-bond acceptors (Lipinski definition) is 5. The average molecular weight is 278 g/mol. The molecule has 1 heterocycles. The molecule has 1 rings (SSSR count). The standard InChI is InChI=1S/C11H22N2O4S/c1-9(7-12)8-18(15,16)10(2)11(14)13-3-5-17-6-4-13/h9-10H,3-8,12H2,1-2H3. The molecule has 0 aromatic carbocycles. The fourth-order valence-corrected chi connectivity index (χ4v) is 3.48. The Morgan fingerprint density at radius 1 is 1.33 bits per heavy atom. The third-order valence-corrected chi connectivity index (χ3v) is 5.44. The van der Waals surface area contributed by atoms with Gasteiger partial charge in [-0.15, -0.1) is 0 Å².